The Balaban J connectivity index is 1.28. The molecule has 1 aromatic carbocycles. The van der Waals surface area contributed by atoms with E-state index in [1.807, 2.05) is 30.1 Å². The second kappa shape index (κ2) is 12.6. The molecule has 1 fully saturated rings. The first kappa shape index (κ1) is 25.0. The van der Waals surface area contributed by atoms with E-state index in [0.717, 1.165) is 74.1 Å². The molecule has 1 aliphatic heterocycles. The molecule has 3 heterocycles. The Labute approximate surface area is 210 Å². The van der Waals surface area contributed by atoms with Crippen LogP contribution in [0.25, 0.3) is 10.9 Å². The Morgan fingerprint density at radius 3 is 2.97 bits per heavy atom. The Bertz CT molecular complexity index is 1060. The number of carbonyl (C=O) groups is 1. The van der Waals surface area contributed by atoms with Crippen LogP contribution >= 0.6 is 23.1 Å². The number of carboxylic acids is 1. The molecule has 0 bridgehead atoms. The number of piperidine rings is 1. The van der Waals surface area contributed by atoms with Crippen molar-refractivity contribution in [3.8, 4) is 5.75 Å². The smallest absolute Gasteiger partial charge is 0.303 e. The van der Waals surface area contributed by atoms with E-state index in [9.17, 15) is 9.90 Å². The standard InChI is InChI=1S/C27H34N2O3S2/c1-32-23-6-7-26-25(17-23)21(8-11-28-26)5-2-4-20-9-13-29(18-22(20)16-27(30)31)12-3-14-34-24-10-15-33-19-24/h6-8,10-11,15,17,19-20,22H,2-5,9,12-14,16,18H2,1H3,(H,30,31)/t20-,22+/m1/s1. The average molecular weight is 499 g/mol. The third kappa shape index (κ3) is 6.96. The highest BCUT2D eigenvalue weighted by atomic mass is 32.2. The van der Waals surface area contributed by atoms with Gasteiger partial charge >= 0.3 is 5.97 Å². The van der Waals surface area contributed by atoms with Crippen molar-refractivity contribution in [2.24, 2.45) is 11.8 Å². The number of thioether (sulfide) groups is 1. The minimum Gasteiger partial charge on any atom is -0.497 e. The fourth-order valence-electron chi connectivity index (χ4n) is 5.09. The highest BCUT2D eigenvalue weighted by molar-refractivity contribution is 7.99. The predicted octanol–water partition coefficient (Wildman–Crippen LogP) is 6.22. The van der Waals surface area contributed by atoms with Crippen molar-refractivity contribution in [3.63, 3.8) is 0 Å². The largest absolute Gasteiger partial charge is 0.497 e. The number of fused-ring (bicyclic) bond motifs is 1. The Morgan fingerprint density at radius 2 is 2.18 bits per heavy atom. The van der Waals surface area contributed by atoms with Gasteiger partial charge in [-0.05, 0) is 104 Å². The molecule has 34 heavy (non-hydrogen) atoms. The second-order valence-electron chi connectivity index (χ2n) is 9.11. The van der Waals surface area contributed by atoms with Crippen LogP contribution in [-0.4, -0.2) is 53.5 Å². The minimum absolute atomic E-state index is 0.241. The number of hydrogen-bond acceptors (Lipinski definition) is 6. The van der Waals surface area contributed by atoms with Gasteiger partial charge in [0.1, 0.15) is 5.75 Å². The van der Waals surface area contributed by atoms with Gasteiger partial charge < -0.3 is 14.7 Å². The lowest BCUT2D eigenvalue weighted by Crippen LogP contribution is -2.41. The quantitative estimate of drug-likeness (QED) is 0.236. The number of hydrogen-bond donors (Lipinski definition) is 1. The Kier molecular flexibility index (Phi) is 9.25. The number of aryl methyl sites for hydroxylation is 1. The van der Waals surface area contributed by atoms with Crippen LogP contribution in [0.5, 0.6) is 5.75 Å². The molecular formula is C27H34N2O3S2. The maximum atomic E-state index is 11.6. The molecule has 3 aromatic rings. The van der Waals surface area contributed by atoms with Crippen LogP contribution in [0.3, 0.4) is 0 Å². The lowest BCUT2D eigenvalue weighted by Gasteiger charge is -2.38. The molecule has 2 aromatic heterocycles. The molecule has 0 radical (unpaired) electrons. The summed E-state index contributed by atoms with van der Waals surface area (Å²) in [6, 6.07) is 10.3. The summed E-state index contributed by atoms with van der Waals surface area (Å²) in [7, 11) is 1.69. The number of likely N-dealkylation sites (tertiary alicyclic amines) is 1. The van der Waals surface area contributed by atoms with Gasteiger partial charge in [-0.15, -0.1) is 11.8 Å². The van der Waals surface area contributed by atoms with Crippen LogP contribution in [-0.2, 0) is 11.2 Å². The van der Waals surface area contributed by atoms with Crippen molar-refractivity contribution in [1.29, 1.82) is 0 Å². The van der Waals surface area contributed by atoms with E-state index in [1.54, 1.807) is 18.4 Å². The van der Waals surface area contributed by atoms with Gasteiger partial charge in [0.2, 0.25) is 0 Å². The lowest BCUT2D eigenvalue weighted by molar-refractivity contribution is -0.139. The summed E-state index contributed by atoms with van der Waals surface area (Å²) >= 11 is 3.66. The Morgan fingerprint density at radius 1 is 1.26 bits per heavy atom. The lowest BCUT2D eigenvalue weighted by atomic mass is 9.80. The zero-order chi connectivity index (χ0) is 23.8. The number of benzene rings is 1. The zero-order valence-corrected chi connectivity index (χ0v) is 21.5. The molecule has 4 rings (SSSR count). The van der Waals surface area contributed by atoms with Crippen LogP contribution < -0.4 is 4.74 Å². The predicted molar refractivity (Wildman–Crippen MR) is 141 cm³/mol. The molecule has 1 aliphatic rings. The normalized spacial score (nSPS) is 18.9. The molecule has 0 spiro atoms. The monoisotopic (exact) mass is 498 g/mol. The first-order chi connectivity index (χ1) is 16.6. The maximum Gasteiger partial charge on any atom is 0.303 e. The number of pyridine rings is 1. The van der Waals surface area contributed by atoms with Gasteiger partial charge in [-0.2, -0.15) is 11.3 Å². The van der Waals surface area contributed by atoms with Crippen LogP contribution in [0.1, 0.15) is 37.7 Å². The van der Waals surface area contributed by atoms with Crippen LogP contribution in [0.15, 0.2) is 52.2 Å². The fraction of sp³-hybridized carbons (Fsp3) is 0.481. The van der Waals surface area contributed by atoms with Crippen LogP contribution in [0.2, 0.25) is 0 Å². The molecule has 7 heteroatoms. The molecule has 0 aliphatic carbocycles. The number of aromatic nitrogens is 1. The summed E-state index contributed by atoms with van der Waals surface area (Å²) in [5.41, 5.74) is 2.28. The van der Waals surface area contributed by atoms with Crippen LogP contribution in [0, 0.1) is 11.8 Å². The SMILES string of the molecule is COc1ccc2nccc(CCC[C@@H]3CCN(CCCSc4ccsc4)C[C@@H]3CC(=O)O)c2c1. The number of methoxy groups -OCH3 is 1. The summed E-state index contributed by atoms with van der Waals surface area (Å²) in [6.45, 7) is 3.06. The summed E-state index contributed by atoms with van der Waals surface area (Å²) in [5.74, 6) is 2.02. The van der Waals surface area contributed by atoms with Gasteiger partial charge in [-0.1, -0.05) is 0 Å². The van der Waals surface area contributed by atoms with Gasteiger partial charge in [0.05, 0.1) is 12.6 Å². The topological polar surface area (TPSA) is 62.7 Å². The number of rotatable bonds is 12. The van der Waals surface area contributed by atoms with E-state index < -0.39 is 5.97 Å². The maximum absolute atomic E-state index is 11.6. The molecule has 5 nitrogen and oxygen atoms in total. The summed E-state index contributed by atoms with van der Waals surface area (Å²) < 4.78 is 5.40. The van der Waals surface area contributed by atoms with Gasteiger partial charge in [0, 0.05) is 34.8 Å². The van der Waals surface area contributed by atoms with Crippen molar-refractivity contribution in [3.05, 3.63) is 52.9 Å². The molecule has 0 saturated carbocycles. The van der Waals surface area contributed by atoms with E-state index in [2.05, 4.69) is 38.8 Å². The number of carboxylic acid groups (broad SMARTS) is 1. The molecule has 1 N–H and O–H groups in total. The number of ether oxygens (including phenoxy) is 1. The fourth-order valence-corrected chi connectivity index (χ4v) is 6.80. The van der Waals surface area contributed by atoms with Crippen molar-refractivity contribution in [1.82, 2.24) is 9.88 Å². The number of thiophene rings is 1. The third-order valence-corrected chi connectivity index (χ3v) is 8.77. The van der Waals surface area contributed by atoms with Crippen molar-refractivity contribution in [2.45, 2.75) is 43.4 Å². The first-order valence-electron chi connectivity index (χ1n) is 12.1. The summed E-state index contributed by atoms with van der Waals surface area (Å²) in [5, 5.41) is 15.0. The highest BCUT2D eigenvalue weighted by Gasteiger charge is 2.30. The second-order valence-corrected chi connectivity index (χ2v) is 11.1. The average Bonchev–Trinajstić information content (AvgIpc) is 3.36. The number of nitrogens with zero attached hydrogens (tertiary/aromatic N) is 2. The van der Waals surface area contributed by atoms with Gasteiger partial charge in [0.25, 0.3) is 0 Å². The van der Waals surface area contributed by atoms with E-state index in [0.29, 0.717) is 5.92 Å². The summed E-state index contributed by atoms with van der Waals surface area (Å²) in [6.07, 6.45) is 7.52. The molecule has 0 amide bonds. The van der Waals surface area contributed by atoms with Crippen molar-refractivity contribution < 1.29 is 14.6 Å². The van der Waals surface area contributed by atoms with Gasteiger partial charge in [-0.25, -0.2) is 0 Å². The van der Waals surface area contributed by atoms with Gasteiger partial charge in [0.15, 0.2) is 0 Å². The van der Waals surface area contributed by atoms with E-state index in [-0.39, 0.29) is 12.3 Å². The molecule has 182 valence electrons. The van der Waals surface area contributed by atoms with Gasteiger partial charge in [-0.3, -0.25) is 9.78 Å². The number of aliphatic carboxylic acids is 1. The van der Waals surface area contributed by atoms with Crippen LogP contribution in [0.4, 0.5) is 0 Å². The molecular weight excluding hydrogens is 464 g/mol. The van der Waals surface area contributed by atoms with E-state index >= 15 is 0 Å². The molecule has 0 unspecified atom stereocenters. The Hall–Kier alpha value is -2.09. The van der Waals surface area contributed by atoms with Crippen molar-refractivity contribution >= 4 is 40.0 Å². The third-order valence-electron chi connectivity index (χ3n) is 6.85. The van der Waals surface area contributed by atoms with E-state index in [1.165, 1.54) is 10.5 Å². The molecule has 1 saturated heterocycles. The molecule has 2 atom stereocenters. The summed E-state index contributed by atoms with van der Waals surface area (Å²) in [4.78, 5) is 19.9. The minimum atomic E-state index is -0.669. The first-order valence-corrected chi connectivity index (χ1v) is 14.1. The highest BCUT2D eigenvalue weighted by Crippen LogP contribution is 2.32. The zero-order valence-electron chi connectivity index (χ0n) is 19.8. The van der Waals surface area contributed by atoms with E-state index in [4.69, 9.17) is 4.74 Å². The van der Waals surface area contributed by atoms with Crippen molar-refractivity contribution in [2.75, 3.05) is 32.5 Å².